The van der Waals surface area contributed by atoms with Crippen molar-refractivity contribution in [2.75, 3.05) is 0 Å². The Labute approximate surface area is 220 Å². The molecule has 2 aliphatic heterocycles. The van der Waals surface area contributed by atoms with E-state index >= 15 is 17.6 Å². The van der Waals surface area contributed by atoms with Gasteiger partial charge in [-0.05, 0) is 13.8 Å². The fraction of sp³-hybridized carbons (Fsp3) is 0.308. The number of allylic oxidation sites excluding steroid dienone is 2. The van der Waals surface area contributed by atoms with Crippen molar-refractivity contribution in [2.24, 2.45) is 9.98 Å². The summed E-state index contributed by atoms with van der Waals surface area (Å²) in [6.45, 7) is 2.84. The summed E-state index contributed by atoms with van der Waals surface area (Å²) in [5, 5.41) is 0.233. The maximum absolute atomic E-state index is 15.5. The van der Waals surface area contributed by atoms with E-state index in [9.17, 15) is 17.6 Å². The summed E-state index contributed by atoms with van der Waals surface area (Å²) < 4.78 is 117. The summed E-state index contributed by atoms with van der Waals surface area (Å²) in [7, 11) is 0. The summed E-state index contributed by atoms with van der Waals surface area (Å²) in [6.07, 6.45) is 0. The van der Waals surface area contributed by atoms with Crippen molar-refractivity contribution in [3.63, 3.8) is 0 Å². The average Bonchev–Trinajstić information content (AvgIpc) is 3.42. The molecule has 2 atom stereocenters. The van der Waals surface area contributed by atoms with Crippen LogP contribution in [0.1, 0.15) is 25.0 Å². The van der Waals surface area contributed by atoms with Gasteiger partial charge in [0.15, 0.2) is 0 Å². The topological polar surface area (TPSA) is 24.7 Å². The number of hydrogen-bond acceptors (Lipinski definition) is 4. The lowest BCUT2D eigenvalue weighted by Gasteiger charge is -2.51. The highest BCUT2D eigenvalue weighted by Crippen LogP contribution is 2.73. The Morgan fingerprint density at radius 1 is 0.526 bits per heavy atom. The van der Waals surface area contributed by atoms with Crippen molar-refractivity contribution in [3.8, 4) is 0 Å². The largest absolute Gasteiger partial charge is 0.383 e. The molecule has 2 aliphatic carbocycles. The fourth-order valence-corrected chi connectivity index (χ4v) is 8.02. The molecule has 12 heteroatoms. The normalized spacial score (nSPS) is 31.8. The summed E-state index contributed by atoms with van der Waals surface area (Å²) in [4.78, 5) is 8.37. The minimum Gasteiger partial charge on any atom is -0.244 e. The first-order chi connectivity index (χ1) is 17.6. The van der Waals surface area contributed by atoms with Gasteiger partial charge in [0.25, 0.3) is 0 Å². The molecule has 38 heavy (non-hydrogen) atoms. The molecule has 1 fully saturated rings. The molecular formula is C26H16F8N2S2. The Kier molecular flexibility index (Phi) is 5.08. The van der Waals surface area contributed by atoms with E-state index in [-0.39, 0.29) is 10.1 Å². The number of nitrogens with zero attached hydrogens (tertiary/aromatic N) is 2. The molecule has 0 spiro atoms. The maximum atomic E-state index is 15.5. The van der Waals surface area contributed by atoms with Crippen LogP contribution in [0.25, 0.3) is 0 Å². The first kappa shape index (κ1) is 25.7. The average molecular weight is 573 g/mol. The van der Waals surface area contributed by atoms with Crippen molar-refractivity contribution < 1.29 is 35.1 Å². The standard InChI is InChI=1S/C26H16F8N2S2/c1-21-17(35-19(37-21)13-9-5-3-6-10-13)15-16(24(29,30)26(33,34)25(31,32)23(15,27)28)18-22(21,2)38-20(36-18)14-11-7-4-8-12-14/h3-12H,1-2H3. The number of aliphatic imine (C=N–C) groups is 2. The molecule has 0 saturated heterocycles. The van der Waals surface area contributed by atoms with Gasteiger partial charge in [0.1, 0.15) is 10.1 Å². The number of benzene rings is 2. The third-order valence-electron chi connectivity index (χ3n) is 7.42. The first-order valence-corrected chi connectivity index (χ1v) is 12.9. The van der Waals surface area contributed by atoms with Crippen LogP contribution in [-0.2, 0) is 0 Å². The molecule has 0 aromatic heterocycles. The molecule has 2 unspecified atom stereocenters. The zero-order valence-corrected chi connectivity index (χ0v) is 21.1. The lowest BCUT2D eigenvalue weighted by atomic mass is 9.67. The fourth-order valence-electron chi connectivity index (χ4n) is 5.15. The van der Waals surface area contributed by atoms with E-state index in [1.807, 2.05) is 0 Å². The second kappa shape index (κ2) is 7.53. The summed E-state index contributed by atoms with van der Waals surface area (Å²) in [5.74, 6) is -24.1. The Bertz CT molecular complexity index is 1380. The Balaban J connectivity index is 1.72. The Morgan fingerprint density at radius 3 is 1.16 bits per heavy atom. The van der Waals surface area contributed by atoms with Crippen LogP contribution in [0.4, 0.5) is 35.1 Å². The number of rotatable bonds is 2. The van der Waals surface area contributed by atoms with Crippen LogP contribution >= 0.6 is 23.5 Å². The minimum absolute atomic E-state index is 0.117. The lowest BCUT2D eigenvalue weighted by Crippen LogP contribution is -2.70. The van der Waals surface area contributed by atoms with Crippen LogP contribution in [0, 0.1) is 0 Å². The van der Waals surface area contributed by atoms with Crippen LogP contribution in [0.15, 0.2) is 93.2 Å². The van der Waals surface area contributed by atoms with Gasteiger partial charge in [0.05, 0.1) is 32.0 Å². The molecule has 2 nitrogen and oxygen atoms in total. The van der Waals surface area contributed by atoms with Gasteiger partial charge in [-0.1, -0.05) is 84.2 Å². The molecule has 0 N–H and O–H groups in total. The van der Waals surface area contributed by atoms with Gasteiger partial charge >= 0.3 is 23.7 Å². The van der Waals surface area contributed by atoms with Crippen LogP contribution in [0.5, 0.6) is 0 Å². The van der Waals surface area contributed by atoms with Crippen LogP contribution in [-0.4, -0.2) is 43.3 Å². The third-order valence-corrected chi connectivity index (χ3v) is 10.6. The highest BCUT2D eigenvalue weighted by Gasteiger charge is 2.89. The van der Waals surface area contributed by atoms with Gasteiger partial charge in [0, 0.05) is 11.1 Å². The molecule has 1 saturated carbocycles. The van der Waals surface area contributed by atoms with Gasteiger partial charge in [-0.15, -0.1) is 0 Å². The molecule has 4 aliphatic rings. The zero-order chi connectivity index (χ0) is 27.5. The van der Waals surface area contributed by atoms with Crippen LogP contribution in [0.2, 0.25) is 0 Å². The number of halogens is 8. The molecule has 0 amide bonds. The van der Waals surface area contributed by atoms with Gasteiger partial charge < -0.3 is 0 Å². The molecule has 2 aromatic rings. The summed E-state index contributed by atoms with van der Waals surface area (Å²) in [5.41, 5.74) is -4.46. The van der Waals surface area contributed by atoms with Gasteiger partial charge in [-0.3, -0.25) is 0 Å². The van der Waals surface area contributed by atoms with E-state index in [2.05, 4.69) is 9.98 Å². The van der Waals surface area contributed by atoms with Crippen LogP contribution < -0.4 is 0 Å². The summed E-state index contributed by atoms with van der Waals surface area (Å²) >= 11 is 1.86. The molecule has 2 heterocycles. The second-order valence-electron chi connectivity index (χ2n) is 9.58. The van der Waals surface area contributed by atoms with Gasteiger partial charge in [-0.2, -0.15) is 35.1 Å². The number of hydrogen-bond donors (Lipinski definition) is 0. The van der Waals surface area contributed by atoms with E-state index in [1.54, 1.807) is 60.7 Å². The van der Waals surface area contributed by atoms with Gasteiger partial charge in [0.2, 0.25) is 0 Å². The van der Waals surface area contributed by atoms with Crippen molar-refractivity contribution >= 4 is 33.6 Å². The molecule has 0 bridgehead atoms. The van der Waals surface area contributed by atoms with Crippen molar-refractivity contribution in [2.45, 2.75) is 47.0 Å². The highest BCUT2D eigenvalue weighted by atomic mass is 32.2. The highest BCUT2D eigenvalue weighted by molar-refractivity contribution is 8.20. The minimum atomic E-state index is -6.39. The molecule has 2 aromatic carbocycles. The second-order valence-corrected chi connectivity index (χ2v) is 12.4. The Hall–Kier alpha value is -2.60. The Morgan fingerprint density at radius 2 is 0.842 bits per heavy atom. The number of thioether (sulfide) groups is 2. The van der Waals surface area contributed by atoms with E-state index in [1.165, 1.54) is 13.8 Å². The van der Waals surface area contributed by atoms with Crippen molar-refractivity contribution in [1.82, 2.24) is 0 Å². The SMILES string of the molecule is CC12SC(c3ccccc3)=NC1=C1C(=C3N=C(c4ccccc4)SC32C)C(F)(F)C(F)(F)C(F)(F)C1(F)F. The zero-order valence-electron chi connectivity index (χ0n) is 19.5. The smallest absolute Gasteiger partial charge is 0.244 e. The molecule has 6 rings (SSSR count). The maximum Gasteiger partial charge on any atom is 0.383 e. The summed E-state index contributed by atoms with van der Waals surface area (Å²) in [6, 6.07) is 16.3. The van der Waals surface area contributed by atoms with E-state index in [4.69, 9.17) is 0 Å². The first-order valence-electron chi connectivity index (χ1n) is 11.3. The molecule has 198 valence electrons. The molecule has 0 radical (unpaired) electrons. The third kappa shape index (κ3) is 2.83. The van der Waals surface area contributed by atoms with Crippen LogP contribution in [0.3, 0.4) is 0 Å². The predicted octanol–water partition coefficient (Wildman–Crippen LogP) is 7.97. The van der Waals surface area contributed by atoms with Crippen molar-refractivity contribution in [3.05, 3.63) is 94.3 Å². The number of fused-ring (bicyclic) bond motifs is 4. The van der Waals surface area contributed by atoms with Gasteiger partial charge in [-0.25, -0.2) is 9.98 Å². The van der Waals surface area contributed by atoms with E-state index < -0.39 is 55.7 Å². The lowest BCUT2D eigenvalue weighted by molar-refractivity contribution is -0.361. The monoisotopic (exact) mass is 572 g/mol. The quantitative estimate of drug-likeness (QED) is 0.341. The van der Waals surface area contributed by atoms with E-state index in [0.717, 1.165) is 23.5 Å². The van der Waals surface area contributed by atoms with E-state index in [0.29, 0.717) is 11.1 Å². The predicted molar refractivity (Wildman–Crippen MR) is 132 cm³/mol. The van der Waals surface area contributed by atoms with Crippen molar-refractivity contribution in [1.29, 1.82) is 0 Å². The number of alkyl halides is 8. The molecular weight excluding hydrogens is 556 g/mol.